The molecule has 0 saturated heterocycles. The summed E-state index contributed by atoms with van der Waals surface area (Å²) < 4.78 is 12.9. The average Bonchev–Trinajstić information content (AvgIpc) is 3.02. The lowest BCUT2D eigenvalue weighted by Crippen LogP contribution is -2.20. The number of carbonyl (C=O) groups is 1. The average molecular weight is 397 g/mol. The third-order valence-electron chi connectivity index (χ3n) is 4.60. The Balaban J connectivity index is 1.77. The van der Waals surface area contributed by atoms with Gasteiger partial charge in [-0.2, -0.15) is 5.10 Å². The van der Waals surface area contributed by atoms with Crippen LogP contribution in [0.15, 0.2) is 22.8 Å². The van der Waals surface area contributed by atoms with Crippen molar-refractivity contribution in [2.45, 2.75) is 31.7 Å². The van der Waals surface area contributed by atoms with E-state index in [4.69, 9.17) is 4.74 Å². The van der Waals surface area contributed by atoms with Gasteiger partial charge in [-0.3, -0.25) is 4.68 Å². The molecule has 0 spiro atoms. The Morgan fingerprint density at radius 1 is 1.38 bits per heavy atom. The number of hydrogen-bond donors (Lipinski definition) is 1. The van der Waals surface area contributed by atoms with Crippen LogP contribution in [0.3, 0.4) is 0 Å². The lowest BCUT2D eigenvalue weighted by Gasteiger charge is -2.27. The summed E-state index contributed by atoms with van der Waals surface area (Å²) in [4.78, 5) is 11.2. The number of benzene rings is 1. The third kappa shape index (κ3) is 3.72. The number of rotatable bonds is 5. The van der Waals surface area contributed by atoms with Gasteiger partial charge in [0.05, 0.1) is 23.1 Å². The van der Waals surface area contributed by atoms with E-state index in [9.17, 15) is 9.90 Å². The fraction of sp³-hybridized carbons (Fsp3) is 0.529. The molecule has 1 saturated carbocycles. The second kappa shape index (κ2) is 7.53. The maximum atomic E-state index is 11.2. The number of halogens is 1. The Hall–Kier alpha value is -1.60. The standard InChI is InChI=1S/C17H21BrN2O4/c1-23-17(22)10-24-16-7-15-12(6-14(16)18)8-20(19-15)13-4-2-11(9-21)3-5-13/h6-8,11,13,21H,2-5,9-10H2,1H3/t11-,13-. The number of fused-ring (bicyclic) bond motifs is 1. The van der Waals surface area contributed by atoms with Gasteiger partial charge in [-0.25, -0.2) is 4.79 Å². The highest BCUT2D eigenvalue weighted by Crippen LogP contribution is 2.34. The van der Waals surface area contributed by atoms with Gasteiger partial charge in [-0.1, -0.05) is 0 Å². The molecule has 7 heteroatoms. The van der Waals surface area contributed by atoms with E-state index < -0.39 is 5.97 Å². The molecule has 2 aromatic rings. The molecule has 1 aliphatic carbocycles. The second-order valence-corrected chi connectivity index (χ2v) is 7.03. The maximum absolute atomic E-state index is 11.2. The summed E-state index contributed by atoms with van der Waals surface area (Å²) >= 11 is 3.47. The van der Waals surface area contributed by atoms with Crippen molar-refractivity contribution in [2.24, 2.45) is 5.92 Å². The van der Waals surface area contributed by atoms with Gasteiger partial charge < -0.3 is 14.6 Å². The van der Waals surface area contributed by atoms with Gasteiger partial charge in [0, 0.05) is 24.3 Å². The Kier molecular flexibility index (Phi) is 5.40. The van der Waals surface area contributed by atoms with Crippen molar-refractivity contribution in [3.8, 4) is 5.75 Å². The summed E-state index contributed by atoms with van der Waals surface area (Å²) in [7, 11) is 1.33. The largest absolute Gasteiger partial charge is 0.481 e. The van der Waals surface area contributed by atoms with E-state index in [0.717, 1.165) is 41.1 Å². The van der Waals surface area contributed by atoms with E-state index in [-0.39, 0.29) is 13.2 Å². The van der Waals surface area contributed by atoms with Gasteiger partial charge in [-0.05, 0) is 53.6 Å². The van der Waals surface area contributed by atoms with Crippen LogP contribution in [0, 0.1) is 5.92 Å². The molecule has 1 N–H and O–H groups in total. The summed E-state index contributed by atoms with van der Waals surface area (Å²) in [5, 5.41) is 15.0. The van der Waals surface area contributed by atoms with Crippen molar-refractivity contribution in [3.05, 3.63) is 22.8 Å². The second-order valence-electron chi connectivity index (χ2n) is 6.17. The maximum Gasteiger partial charge on any atom is 0.343 e. The zero-order valence-electron chi connectivity index (χ0n) is 13.6. The fourth-order valence-corrected chi connectivity index (χ4v) is 3.60. The van der Waals surface area contributed by atoms with Crippen LogP contribution >= 0.6 is 15.9 Å². The van der Waals surface area contributed by atoms with E-state index in [1.165, 1.54) is 7.11 Å². The molecule has 1 aromatic carbocycles. The molecule has 0 bridgehead atoms. The summed E-state index contributed by atoms with van der Waals surface area (Å²) in [6, 6.07) is 4.15. The number of hydrogen-bond acceptors (Lipinski definition) is 5. The monoisotopic (exact) mass is 396 g/mol. The van der Waals surface area contributed by atoms with Gasteiger partial charge >= 0.3 is 5.97 Å². The first kappa shape index (κ1) is 17.2. The molecule has 1 aromatic heterocycles. The highest BCUT2D eigenvalue weighted by Gasteiger charge is 2.23. The molecular weight excluding hydrogens is 376 g/mol. The summed E-state index contributed by atoms with van der Waals surface area (Å²) in [6.07, 6.45) is 6.19. The molecule has 0 unspecified atom stereocenters. The van der Waals surface area contributed by atoms with Crippen molar-refractivity contribution in [1.82, 2.24) is 9.78 Å². The molecule has 1 aliphatic rings. The summed E-state index contributed by atoms with van der Waals surface area (Å²) in [5.74, 6) is 0.578. The van der Waals surface area contributed by atoms with Crippen LogP contribution in [0.1, 0.15) is 31.7 Å². The fourth-order valence-electron chi connectivity index (χ4n) is 3.13. The van der Waals surface area contributed by atoms with Crippen molar-refractivity contribution in [2.75, 3.05) is 20.3 Å². The minimum atomic E-state index is -0.423. The zero-order valence-corrected chi connectivity index (χ0v) is 15.2. The Labute approximate surface area is 148 Å². The van der Waals surface area contributed by atoms with Crippen LogP contribution in [0.2, 0.25) is 0 Å². The minimum Gasteiger partial charge on any atom is -0.481 e. The number of nitrogens with zero attached hydrogens (tertiary/aromatic N) is 2. The number of aliphatic hydroxyl groups excluding tert-OH is 1. The van der Waals surface area contributed by atoms with E-state index in [1.54, 1.807) is 0 Å². The first-order valence-corrected chi connectivity index (χ1v) is 8.89. The lowest BCUT2D eigenvalue weighted by atomic mass is 9.87. The molecule has 24 heavy (non-hydrogen) atoms. The molecule has 3 rings (SSSR count). The van der Waals surface area contributed by atoms with Crippen LogP contribution in [-0.4, -0.2) is 41.2 Å². The number of ether oxygens (including phenoxy) is 2. The van der Waals surface area contributed by atoms with Gasteiger partial charge in [0.25, 0.3) is 0 Å². The smallest absolute Gasteiger partial charge is 0.343 e. The van der Waals surface area contributed by atoms with E-state index in [2.05, 4.69) is 25.8 Å². The van der Waals surface area contributed by atoms with Crippen LogP contribution in [0.4, 0.5) is 0 Å². The number of aliphatic hydroxyl groups is 1. The van der Waals surface area contributed by atoms with Crippen molar-refractivity contribution in [1.29, 1.82) is 0 Å². The molecule has 0 radical (unpaired) electrons. The highest BCUT2D eigenvalue weighted by molar-refractivity contribution is 9.10. The van der Waals surface area contributed by atoms with Gasteiger partial charge in [-0.15, -0.1) is 0 Å². The highest BCUT2D eigenvalue weighted by atomic mass is 79.9. The Morgan fingerprint density at radius 3 is 2.79 bits per heavy atom. The topological polar surface area (TPSA) is 73.6 Å². The SMILES string of the molecule is COC(=O)COc1cc2nn([C@H]3CC[C@H](CO)CC3)cc2cc1Br. The first-order valence-electron chi connectivity index (χ1n) is 8.09. The molecule has 130 valence electrons. The van der Waals surface area contributed by atoms with Gasteiger partial charge in [0.15, 0.2) is 6.61 Å². The molecule has 0 aliphatic heterocycles. The van der Waals surface area contributed by atoms with Crippen LogP contribution in [-0.2, 0) is 9.53 Å². The normalized spacial score (nSPS) is 21.0. The van der Waals surface area contributed by atoms with Crippen molar-refractivity contribution < 1.29 is 19.4 Å². The van der Waals surface area contributed by atoms with Crippen molar-refractivity contribution >= 4 is 32.8 Å². The van der Waals surface area contributed by atoms with E-state index >= 15 is 0 Å². The molecule has 0 atom stereocenters. The lowest BCUT2D eigenvalue weighted by molar-refractivity contribution is -0.142. The van der Waals surface area contributed by atoms with Crippen LogP contribution in [0.25, 0.3) is 10.9 Å². The van der Waals surface area contributed by atoms with E-state index in [0.29, 0.717) is 17.7 Å². The van der Waals surface area contributed by atoms with E-state index in [1.807, 2.05) is 23.0 Å². The number of esters is 1. The Morgan fingerprint density at radius 2 is 2.12 bits per heavy atom. The van der Waals surface area contributed by atoms with Crippen molar-refractivity contribution in [3.63, 3.8) is 0 Å². The van der Waals surface area contributed by atoms with Gasteiger partial charge in [0.2, 0.25) is 0 Å². The molecule has 1 heterocycles. The predicted molar refractivity (Wildman–Crippen MR) is 93.0 cm³/mol. The minimum absolute atomic E-state index is 0.132. The predicted octanol–water partition coefficient (Wildman–Crippen LogP) is 3.07. The molecule has 6 nitrogen and oxygen atoms in total. The number of carbonyl (C=O) groups excluding carboxylic acids is 1. The molecule has 0 amide bonds. The van der Waals surface area contributed by atoms with Crippen LogP contribution < -0.4 is 4.74 Å². The summed E-state index contributed by atoms with van der Waals surface area (Å²) in [5.41, 5.74) is 0.836. The molecular formula is C17H21BrN2O4. The summed E-state index contributed by atoms with van der Waals surface area (Å²) in [6.45, 7) is 0.147. The Bertz CT molecular complexity index is 723. The third-order valence-corrected chi connectivity index (χ3v) is 5.22. The molecule has 1 fully saturated rings. The number of aromatic nitrogens is 2. The zero-order chi connectivity index (χ0) is 17.1. The first-order chi connectivity index (χ1) is 11.6. The quantitative estimate of drug-likeness (QED) is 0.786. The van der Waals surface area contributed by atoms with Gasteiger partial charge in [0.1, 0.15) is 5.75 Å². The number of methoxy groups -OCH3 is 1. The van der Waals surface area contributed by atoms with Crippen LogP contribution in [0.5, 0.6) is 5.75 Å².